The topological polar surface area (TPSA) is 26.0 Å². The van der Waals surface area contributed by atoms with Crippen LogP contribution in [0, 0.1) is 13.8 Å². The Kier molecular flexibility index (Phi) is 4.34. The van der Waals surface area contributed by atoms with E-state index in [1.165, 1.54) is 16.7 Å². The molecule has 15 heavy (non-hydrogen) atoms. The first kappa shape index (κ1) is 12.3. The van der Waals surface area contributed by atoms with Crippen LogP contribution in [0.15, 0.2) is 18.2 Å². The maximum atomic E-state index is 6.18. The van der Waals surface area contributed by atoms with Crippen LogP contribution < -0.4 is 5.73 Å². The van der Waals surface area contributed by atoms with Crippen LogP contribution >= 0.6 is 0 Å². The van der Waals surface area contributed by atoms with E-state index in [1.807, 2.05) is 0 Å². The summed E-state index contributed by atoms with van der Waals surface area (Å²) in [7, 11) is 0. The molecule has 0 spiro atoms. The normalized spacial score (nSPS) is 15.0. The molecule has 2 unspecified atom stereocenters. The Bertz CT molecular complexity index is 317. The molecule has 0 fully saturated rings. The van der Waals surface area contributed by atoms with Crippen molar-refractivity contribution in [3.63, 3.8) is 0 Å². The molecule has 84 valence electrons. The van der Waals surface area contributed by atoms with Crippen LogP contribution in [0.25, 0.3) is 0 Å². The molecule has 0 saturated carbocycles. The summed E-state index contributed by atoms with van der Waals surface area (Å²) in [5.41, 5.74) is 10.3. The summed E-state index contributed by atoms with van der Waals surface area (Å²) in [6, 6.07) is 6.92. The maximum Gasteiger partial charge on any atom is 0.0105 e. The van der Waals surface area contributed by atoms with Crippen molar-refractivity contribution in [2.45, 2.75) is 52.5 Å². The summed E-state index contributed by atoms with van der Waals surface area (Å²) in [5, 5.41) is 0. The summed E-state index contributed by atoms with van der Waals surface area (Å²) in [4.78, 5) is 0. The molecule has 0 saturated heterocycles. The highest BCUT2D eigenvalue weighted by Crippen LogP contribution is 2.24. The highest BCUT2D eigenvalue weighted by Gasteiger charge is 2.15. The zero-order valence-corrected chi connectivity index (χ0v) is 10.4. The molecular weight excluding hydrogens is 182 g/mol. The lowest BCUT2D eigenvalue weighted by atomic mass is 9.87. The van der Waals surface area contributed by atoms with Gasteiger partial charge >= 0.3 is 0 Å². The Morgan fingerprint density at radius 1 is 1.27 bits per heavy atom. The molecule has 1 rings (SSSR count). The monoisotopic (exact) mass is 205 g/mol. The maximum absolute atomic E-state index is 6.18. The van der Waals surface area contributed by atoms with Gasteiger partial charge in [-0.05, 0) is 37.3 Å². The minimum Gasteiger partial charge on any atom is -0.327 e. The van der Waals surface area contributed by atoms with Crippen molar-refractivity contribution in [1.29, 1.82) is 0 Å². The average molecular weight is 205 g/mol. The molecule has 0 aliphatic rings. The van der Waals surface area contributed by atoms with E-state index in [4.69, 9.17) is 5.73 Å². The summed E-state index contributed by atoms with van der Waals surface area (Å²) < 4.78 is 0. The van der Waals surface area contributed by atoms with E-state index in [0.717, 1.165) is 12.8 Å². The fraction of sp³-hybridized carbons (Fsp3) is 0.571. The lowest BCUT2D eigenvalue weighted by Crippen LogP contribution is -2.26. The van der Waals surface area contributed by atoms with Crippen molar-refractivity contribution in [1.82, 2.24) is 0 Å². The average Bonchev–Trinajstić information content (AvgIpc) is 2.21. The quantitative estimate of drug-likeness (QED) is 0.799. The standard InChI is InChI=1S/C14H23N/c1-5-6-14(15)12(4)13-9-10(2)7-8-11(13)3/h7-9,12,14H,5-6,15H2,1-4H3. The van der Waals surface area contributed by atoms with E-state index >= 15 is 0 Å². The first-order valence-corrected chi connectivity index (χ1v) is 5.89. The SMILES string of the molecule is CCCC(N)C(C)c1cc(C)ccc1C. The highest BCUT2D eigenvalue weighted by atomic mass is 14.6. The third-order valence-corrected chi connectivity index (χ3v) is 3.19. The van der Waals surface area contributed by atoms with Crippen LogP contribution in [0.1, 0.15) is 49.3 Å². The van der Waals surface area contributed by atoms with Gasteiger partial charge in [0, 0.05) is 6.04 Å². The molecule has 1 heteroatoms. The lowest BCUT2D eigenvalue weighted by Gasteiger charge is -2.22. The summed E-state index contributed by atoms with van der Waals surface area (Å²) >= 11 is 0. The van der Waals surface area contributed by atoms with Crippen LogP contribution in [0.2, 0.25) is 0 Å². The van der Waals surface area contributed by atoms with Crippen LogP contribution in [-0.4, -0.2) is 6.04 Å². The van der Waals surface area contributed by atoms with Gasteiger partial charge in [0.05, 0.1) is 0 Å². The minimum absolute atomic E-state index is 0.288. The van der Waals surface area contributed by atoms with Gasteiger partial charge in [-0.15, -0.1) is 0 Å². The fourth-order valence-corrected chi connectivity index (χ4v) is 2.06. The van der Waals surface area contributed by atoms with Crippen LogP contribution in [-0.2, 0) is 0 Å². The largest absolute Gasteiger partial charge is 0.327 e. The third-order valence-electron chi connectivity index (χ3n) is 3.19. The zero-order valence-electron chi connectivity index (χ0n) is 10.4. The first-order chi connectivity index (χ1) is 7.06. The number of nitrogens with two attached hydrogens (primary N) is 1. The molecule has 0 aliphatic heterocycles. The Labute approximate surface area is 93.7 Å². The summed E-state index contributed by atoms with van der Waals surface area (Å²) in [6.07, 6.45) is 2.27. The van der Waals surface area contributed by atoms with Crippen molar-refractivity contribution in [2.24, 2.45) is 5.73 Å². The van der Waals surface area contributed by atoms with E-state index in [2.05, 4.69) is 45.9 Å². The second kappa shape index (κ2) is 5.32. The van der Waals surface area contributed by atoms with Crippen molar-refractivity contribution in [2.75, 3.05) is 0 Å². The molecular formula is C14H23N. The van der Waals surface area contributed by atoms with E-state index < -0.39 is 0 Å². The predicted octanol–water partition coefficient (Wildman–Crippen LogP) is 3.53. The summed E-state index contributed by atoms with van der Waals surface area (Å²) in [6.45, 7) is 8.74. The second-order valence-electron chi connectivity index (χ2n) is 4.60. The molecule has 0 amide bonds. The molecule has 0 heterocycles. The lowest BCUT2D eigenvalue weighted by molar-refractivity contribution is 0.520. The number of benzene rings is 1. The van der Waals surface area contributed by atoms with Crippen molar-refractivity contribution >= 4 is 0 Å². The van der Waals surface area contributed by atoms with E-state index in [-0.39, 0.29) is 6.04 Å². The molecule has 0 radical (unpaired) electrons. The number of rotatable bonds is 4. The van der Waals surface area contributed by atoms with E-state index in [1.54, 1.807) is 0 Å². The van der Waals surface area contributed by atoms with Crippen LogP contribution in [0.4, 0.5) is 0 Å². The smallest absolute Gasteiger partial charge is 0.0105 e. The van der Waals surface area contributed by atoms with Gasteiger partial charge in [0.2, 0.25) is 0 Å². The predicted molar refractivity (Wildman–Crippen MR) is 67.2 cm³/mol. The van der Waals surface area contributed by atoms with Gasteiger partial charge in [0.1, 0.15) is 0 Å². The number of hydrogen-bond donors (Lipinski definition) is 1. The van der Waals surface area contributed by atoms with E-state index in [0.29, 0.717) is 5.92 Å². The highest BCUT2D eigenvalue weighted by molar-refractivity contribution is 5.33. The minimum atomic E-state index is 0.288. The summed E-state index contributed by atoms with van der Waals surface area (Å²) in [5.74, 6) is 0.463. The first-order valence-electron chi connectivity index (χ1n) is 5.89. The van der Waals surface area contributed by atoms with Crippen LogP contribution in [0.5, 0.6) is 0 Å². The Balaban J connectivity index is 2.89. The van der Waals surface area contributed by atoms with Crippen molar-refractivity contribution < 1.29 is 0 Å². The Morgan fingerprint density at radius 2 is 1.93 bits per heavy atom. The molecule has 1 nitrogen and oxygen atoms in total. The Hall–Kier alpha value is -0.820. The molecule has 2 atom stereocenters. The van der Waals surface area contributed by atoms with Crippen molar-refractivity contribution in [3.8, 4) is 0 Å². The van der Waals surface area contributed by atoms with Gasteiger partial charge in [-0.1, -0.05) is 44.0 Å². The zero-order chi connectivity index (χ0) is 11.4. The third kappa shape index (κ3) is 3.07. The number of aryl methyl sites for hydroxylation is 2. The van der Waals surface area contributed by atoms with Gasteiger partial charge in [0.25, 0.3) is 0 Å². The number of hydrogen-bond acceptors (Lipinski definition) is 1. The van der Waals surface area contributed by atoms with Gasteiger partial charge in [-0.25, -0.2) is 0 Å². The van der Waals surface area contributed by atoms with Gasteiger partial charge in [0.15, 0.2) is 0 Å². The van der Waals surface area contributed by atoms with Crippen LogP contribution in [0.3, 0.4) is 0 Å². The van der Waals surface area contributed by atoms with Gasteiger partial charge < -0.3 is 5.73 Å². The van der Waals surface area contributed by atoms with Crippen molar-refractivity contribution in [3.05, 3.63) is 34.9 Å². The second-order valence-corrected chi connectivity index (χ2v) is 4.60. The molecule has 0 aliphatic carbocycles. The molecule has 0 aromatic heterocycles. The molecule has 1 aromatic carbocycles. The molecule has 0 bridgehead atoms. The fourth-order valence-electron chi connectivity index (χ4n) is 2.06. The van der Waals surface area contributed by atoms with Gasteiger partial charge in [-0.3, -0.25) is 0 Å². The van der Waals surface area contributed by atoms with E-state index in [9.17, 15) is 0 Å². The molecule has 2 N–H and O–H groups in total. The molecule has 1 aromatic rings. The Morgan fingerprint density at radius 3 is 2.53 bits per heavy atom. The van der Waals surface area contributed by atoms with Gasteiger partial charge in [-0.2, -0.15) is 0 Å².